The summed E-state index contributed by atoms with van der Waals surface area (Å²) in [5, 5.41) is 7.42. The van der Waals surface area contributed by atoms with Crippen molar-refractivity contribution in [2.24, 2.45) is 0 Å². The molecule has 0 N–H and O–H groups in total. The van der Waals surface area contributed by atoms with Crippen molar-refractivity contribution in [1.82, 2.24) is 0 Å². The summed E-state index contributed by atoms with van der Waals surface area (Å²) in [4.78, 5) is 2.44. The van der Waals surface area contributed by atoms with Gasteiger partial charge in [-0.1, -0.05) is 200 Å². The molecule has 0 aliphatic heterocycles. The maximum absolute atomic E-state index is 2.44. The van der Waals surface area contributed by atoms with E-state index in [0.29, 0.717) is 0 Å². The maximum atomic E-state index is 2.44. The number of fused-ring (bicyclic) bond motifs is 3. The first kappa shape index (κ1) is 32.4. The highest BCUT2D eigenvalue weighted by molar-refractivity contribution is 6.10. The summed E-state index contributed by atoms with van der Waals surface area (Å²) in [6, 6.07) is 81.4. The molecule has 55 heavy (non-hydrogen) atoms. The highest BCUT2D eigenvalue weighted by Crippen LogP contribution is 2.46. The monoisotopic (exact) mass is 699 g/mol. The van der Waals surface area contributed by atoms with Crippen LogP contribution in [0.1, 0.15) is 0 Å². The second kappa shape index (κ2) is 14.0. The van der Waals surface area contributed by atoms with Gasteiger partial charge in [-0.2, -0.15) is 0 Å². The summed E-state index contributed by atoms with van der Waals surface area (Å²) in [5.74, 6) is 0. The molecule has 0 amide bonds. The van der Waals surface area contributed by atoms with Crippen molar-refractivity contribution in [3.05, 3.63) is 224 Å². The Hall–Kier alpha value is -7.22. The van der Waals surface area contributed by atoms with Crippen molar-refractivity contribution >= 4 is 49.4 Å². The predicted octanol–water partition coefficient (Wildman–Crippen LogP) is 15.3. The molecule has 0 atom stereocenters. The highest BCUT2D eigenvalue weighted by Gasteiger charge is 2.21. The van der Waals surface area contributed by atoms with E-state index in [-0.39, 0.29) is 0 Å². The molecular formula is C54H37N. The van der Waals surface area contributed by atoms with E-state index in [1.54, 1.807) is 0 Å². The van der Waals surface area contributed by atoms with Gasteiger partial charge in [-0.15, -0.1) is 0 Å². The Labute approximate surface area is 322 Å². The van der Waals surface area contributed by atoms with Crippen LogP contribution in [0.3, 0.4) is 0 Å². The first-order chi connectivity index (χ1) is 27.3. The van der Waals surface area contributed by atoms with Gasteiger partial charge in [0.05, 0.1) is 11.4 Å². The molecule has 0 aromatic heterocycles. The number of anilines is 3. The molecular weight excluding hydrogens is 663 g/mol. The van der Waals surface area contributed by atoms with Crippen LogP contribution >= 0.6 is 0 Å². The summed E-state index contributed by atoms with van der Waals surface area (Å²) in [6.45, 7) is 0. The third kappa shape index (κ3) is 5.93. The van der Waals surface area contributed by atoms with Crippen molar-refractivity contribution in [3.8, 4) is 44.5 Å². The van der Waals surface area contributed by atoms with E-state index in [2.05, 4.69) is 229 Å². The molecule has 0 heterocycles. The zero-order chi connectivity index (χ0) is 36.6. The van der Waals surface area contributed by atoms with Crippen LogP contribution in [0.5, 0.6) is 0 Å². The first-order valence-electron chi connectivity index (χ1n) is 18.9. The number of para-hydroxylation sites is 1. The van der Waals surface area contributed by atoms with Crippen LogP contribution in [0.2, 0.25) is 0 Å². The van der Waals surface area contributed by atoms with Crippen LogP contribution < -0.4 is 4.90 Å². The number of nitrogens with zero attached hydrogens (tertiary/aromatic N) is 1. The molecule has 10 aromatic carbocycles. The highest BCUT2D eigenvalue weighted by atomic mass is 15.1. The zero-order valence-electron chi connectivity index (χ0n) is 30.3. The molecule has 0 saturated heterocycles. The second-order valence-electron chi connectivity index (χ2n) is 14.1. The molecule has 0 unspecified atom stereocenters. The fourth-order valence-electron chi connectivity index (χ4n) is 8.25. The summed E-state index contributed by atoms with van der Waals surface area (Å²) in [5.41, 5.74) is 13.1. The maximum Gasteiger partial charge on any atom is 0.0540 e. The summed E-state index contributed by atoms with van der Waals surface area (Å²) < 4.78 is 0. The molecule has 0 fully saturated rings. The Morgan fingerprint density at radius 2 is 0.691 bits per heavy atom. The van der Waals surface area contributed by atoms with E-state index < -0.39 is 0 Å². The fraction of sp³-hybridized carbons (Fsp3) is 0. The van der Waals surface area contributed by atoms with Gasteiger partial charge >= 0.3 is 0 Å². The minimum Gasteiger partial charge on any atom is -0.309 e. The smallest absolute Gasteiger partial charge is 0.0540 e. The van der Waals surface area contributed by atoms with Gasteiger partial charge in [0.25, 0.3) is 0 Å². The second-order valence-corrected chi connectivity index (χ2v) is 14.1. The Kier molecular flexibility index (Phi) is 8.24. The molecule has 1 heteroatoms. The van der Waals surface area contributed by atoms with Gasteiger partial charge in [0.2, 0.25) is 0 Å². The van der Waals surface area contributed by atoms with Gasteiger partial charge in [0.15, 0.2) is 0 Å². The SMILES string of the molecule is c1ccc(-c2cccc3cccc(-c4ccccc4N(c4ccc(-c5ccc(-c6cccc7ccccc67)cc5)cc4)c4cccc5ccccc45)c23)cc1. The lowest BCUT2D eigenvalue weighted by Crippen LogP contribution is -2.11. The van der Waals surface area contributed by atoms with Crippen LogP contribution in [-0.2, 0) is 0 Å². The van der Waals surface area contributed by atoms with Crippen LogP contribution in [0.15, 0.2) is 224 Å². The predicted molar refractivity (Wildman–Crippen MR) is 235 cm³/mol. The zero-order valence-corrected chi connectivity index (χ0v) is 30.3. The van der Waals surface area contributed by atoms with Gasteiger partial charge in [0, 0.05) is 16.6 Å². The standard InChI is InChI=1S/C54H37N/c1-2-14-42(15-3-1)49-26-11-20-44-21-12-27-51(54(44)49)50-24-8-9-28-53(50)55(52-29-13-19-41-17-5-7-23-48(41)52)45-36-34-39(35-37-45)38-30-32-43(33-31-38)47-25-10-18-40-16-4-6-22-46(40)47/h1-37H. The van der Waals surface area contributed by atoms with E-state index in [1.165, 1.54) is 76.8 Å². The lowest BCUT2D eigenvalue weighted by molar-refractivity contribution is 1.30. The molecule has 0 saturated carbocycles. The fourth-order valence-corrected chi connectivity index (χ4v) is 8.25. The Balaban J connectivity index is 1.11. The summed E-state index contributed by atoms with van der Waals surface area (Å²) >= 11 is 0. The summed E-state index contributed by atoms with van der Waals surface area (Å²) in [7, 11) is 0. The van der Waals surface area contributed by atoms with E-state index in [1.807, 2.05) is 0 Å². The third-order valence-electron chi connectivity index (χ3n) is 10.9. The van der Waals surface area contributed by atoms with Gasteiger partial charge in [-0.3, -0.25) is 0 Å². The third-order valence-corrected chi connectivity index (χ3v) is 10.9. The Morgan fingerprint density at radius 3 is 1.44 bits per heavy atom. The minimum absolute atomic E-state index is 1.10. The molecule has 0 spiro atoms. The number of rotatable bonds is 7. The summed E-state index contributed by atoms with van der Waals surface area (Å²) in [6.07, 6.45) is 0. The van der Waals surface area contributed by atoms with E-state index in [0.717, 1.165) is 17.1 Å². The van der Waals surface area contributed by atoms with Gasteiger partial charge in [-0.25, -0.2) is 0 Å². The molecule has 0 radical (unpaired) electrons. The Morgan fingerprint density at radius 1 is 0.236 bits per heavy atom. The van der Waals surface area contributed by atoms with Crippen LogP contribution in [-0.4, -0.2) is 0 Å². The molecule has 1 nitrogen and oxygen atoms in total. The molecule has 10 aromatic rings. The van der Waals surface area contributed by atoms with Gasteiger partial charge in [-0.05, 0) is 90.1 Å². The first-order valence-corrected chi connectivity index (χ1v) is 18.9. The molecule has 0 bridgehead atoms. The number of benzene rings is 10. The van der Waals surface area contributed by atoms with E-state index in [4.69, 9.17) is 0 Å². The van der Waals surface area contributed by atoms with Crippen molar-refractivity contribution < 1.29 is 0 Å². The largest absolute Gasteiger partial charge is 0.309 e. The molecule has 0 aliphatic carbocycles. The lowest BCUT2D eigenvalue weighted by Gasteiger charge is -2.29. The van der Waals surface area contributed by atoms with Crippen molar-refractivity contribution in [2.75, 3.05) is 4.90 Å². The average Bonchev–Trinajstić information content (AvgIpc) is 3.27. The van der Waals surface area contributed by atoms with Crippen LogP contribution in [0.25, 0.3) is 76.8 Å². The van der Waals surface area contributed by atoms with Crippen molar-refractivity contribution in [3.63, 3.8) is 0 Å². The van der Waals surface area contributed by atoms with Crippen molar-refractivity contribution in [2.45, 2.75) is 0 Å². The van der Waals surface area contributed by atoms with Crippen LogP contribution in [0.4, 0.5) is 17.1 Å². The topological polar surface area (TPSA) is 3.24 Å². The normalized spacial score (nSPS) is 11.3. The molecule has 258 valence electrons. The van der Waals surface area contributed by atoms with E-state index in [9.17, 15) is 0 Å². The lowest BCUT2D eigenvalue weighted by atomic mass is 9.90. The van der Waals surface area contributed by atoms with Crippen molar-refractivity contribution in [1.29, 1.82) is 0 Å². The van der Waals surface area contributed by atoms with Crippen LogP contribution in [0, 0.1) is 0 Å². The number of hydrogen-bond donors (Lipinski definition) is 0. The van der Waals surface area contributed by atoms with Gasteiger partial charge < -0.3 is 4.90 Å². The molecule has 10 rings (SSSR count). The Bertz CT molecular complexity index is 2940. The van der Waals surface area contributed by atoms with Gasteiger partial charge in [0.1, 0.15) is 0 Å². The van der Waals surface area contributed by atoms with E-state index >= 15 is 0 Å². The molecule has 0 aliphatic rings. The minimum atomic E-state index is 1.10. The average molecular weight is 700 g/mol. The quantitative estimate of drug-likeness (QED) is 0.160. The number of hydrogen-bond acceptors (Lipinski definition) is 1.